The minimum absolute atomic E-state index is 0.00878. The molecule has 2 aromatic heterocycles. The molecule has 156 valence electrons. The van der Waals surface area contributed by atoms with Crippen LogP contribution in [-0.2, 0) is 13.2 Å². The molecule has 0 unspecified atom stereocenters. The molecule has 0 saturated carbocycles. The van der Waals surface area contributed by atoms with Crippen molar-refractivity contribution in [2.24, 2.45) is 0 Å². The standard InChI is InChI=1S/C24H27N3O3/c1-19-5-7-21(8-6-19)30-18-23-22(9-15-29-23)24(28)27-12-3-11-26(13-14-27)17-20-4-2-10-25-16-20/h2,4-10,15-16H,3,11-14,17-18H2,1H3. The van der Waals surface area contributed by atoms with Gasteiger partial charge in [-0.05, 0) is 43.2 Å². The van der Waals surface area contributed by atoms with E-state index in [0.717, 1.165) is 38.3 Å². The summed E-state index contributed by atoms with van der Waals surface area (Å²) in [5.74, 6) is 1.34. The maximum Gasteiger partial charge on any atom is 0.257 e. The summed E-state index contributed by atoms with van der Waals surface area (Å²) in [5.41, 5.74) is 2.96. The molecule has 3 heterocycles. The lowest BCUT2D eigenvalue weighted by atomic mass is 10.2. The molecule has 4 rings (SSSR count). The molecule has 0 spiro atoms. The average Bonchev–Trinajstić information content (AvgIpc) is 3.12. The van der Waals surface area contributed by atoms with Crippen LogP contribution in [0.15, 0.2) is 65.5 Å². The summed E-state index contributed by atoms with van der Waals surface area (Å²) in [6.07, 6.45) is 6.20. The van der Waals surface area contributed by atoms with Gasteiger partial charge in [0.15, 0.2) is 5.76 Å². The number of amides is 1. The van der Waals surface area contributed by atoms with Crippen molar-refractivity contribution in [2.75, 3.05) is 26.2 Å². The third-order valence-corrected chi connectivity index (χ3v) is 5.37. The molecule has 1 amide bonds. The number of aromatic nitrogens is 1. The van der Waals surface area contributed by atoms with Crippen LogP contribution >= 0.6 is 0 Å². The summed E-state index contributed by atoms with van der Waals surface area (Å²) >= 11 is 0. The first-order valence-electron chi connectivity index (χ1n) is 10.4. The van der Waals surface area contributed by atoms with Crippen molar-refractivity contribution in [1.82, 2.24) is 14.8 Å². The van der Waals surface area contributed by atoms with Gasteiger partial charge in [-0.2, -0.15) is 0 Å². The molecule has 0 atom stereocenters. The van der Waals surface area contributed by atoms with Gasteiger partial charge in [0.2, 0.25) is 0 Å². The Morgan fingerprint density at radius 2 is 1.97 bits per heavy atom. The van der Waals surface area contributed by atoms with Crippen LogP contribution < -0.4 is 4.74 Å². The fourth-order valence-electron chi connectivity index (χ4n) is 3.68. The highest BCUT2D eigenvalue weighted by atomic mass is 16.5. The predicted octanol–water partition coefficient (Wildman–Crippen LogP) is 3.91. The molecular formula is C24H27N3O3. The van der Waals surface area contributed by atoms with Crippen LogP contribution in [-0.4, -0.2) is 46.9 Å². The van der Waals surface area contributed by atoms with Crippen LogP contribution in [0.5, 0.6) is 5.75 Å². The number of carbonyl (C=O) groups excluding carboxylic acids is 1. The highest BCUT2D eigenvalue weighted by molar-refractivity contribution is 5.95. The van der Waals surface area contributed by atoms with Gasteiger partial charge in [-0.1, -0.05) is 23.8 Å². The van der Waals surface area contributed by atoms with Gasteiger partial charge in [0.1, 0.15) is 12.4 Å². The zero-order valence-electron chi connectivity index (χ0n) is 17.3. The summed E-state index contributed by atoms with van der Waals surface area (Å²) in [4.78, 5) is 21.6. The zero-order chi connectivity index (χ0) is 20.8. The van der Waals surface area contributed by atoms with Gasteiger partial charge < -0.3 is 14.1 Å². The van der Waals surface area contributed by atoms with Gasteiger partial charge in [0, 0.05) is 45.1 Å². The molecule has 1 saturated heterocycles. The van der Waals surface area contributed by atoms with E-state index in [2.05, 4.69) is 16.0 Å². The van der Waals surface area contributed by atoms with Crippen molar-refractivity contribution in [1.29, 1.82) is 0 Å². The number of aryl methyl sites for hydroxylation is 1. The lowest BCUT2D eigenvalue weighted by Gasteiger charge is -2.22. The van der Waals surface area contributed by atoms with Gasteiger partial charge >= 0.3 is 0 Å². The molecule has 0 radical (unpaired) electrons. The number of benzene rings is 1. The van der Waals surface area contributed by atoms with Crippen molar-refractivity contribution in [3.05, 3.63) is 83.6 Å². The highest BCUT2D eigenvalue weighted by Gasteiger charge is 2.24. The molecule has 1 aliphatic rings. The zero-order valence-corrected chi connectivity index (χ0v) is 17.3. The molecule has 0 N–H and O–H groups in total. The Morgan fingerprint density at radius 3 is 2.77 bits per heavy atom. The Labute approximate surface area is 177 Å². The summed E-state index contributed by atoms with van der Waals surface area (Å²) in [5, 5.41) is 0. The quantitative estimate of drug-likeness (QED) is 0.622. The van der Waals surface area contributed by atoms with E-state index >= 15 is 0 Å². The predicted molar refractivity (Wildman–Crippen MR) is 114 cm³/mol. The monoisotopic (exact) mass is 405 g/mol. The van der Waals surface area contributed by atoms with E-state index in [1.165, 1.54) is 11.1 Å². The van der Waals surface area contributed by atoms with Crippen LogP contribution in [0.25, 0.3) is 0 Å². The molecule has 1 aliphatic heterocycles. The third kappa shape index (κ3) is 5.07. The second-order valence-corrected chi connectivity index (χ2v) is 7.64. The van der Waals surface area contributed by atoms with Crippen LogP contribution in [0.1, 0.15) is 33.7 Å². The van der Waals surface area contributed by atoms with Gasteiger partial charge in [0.05, 0.1) is 11.8 Å². The van der Waals surface area contributed by atoms with E-state index < -0.39 is 0 Å². The van der Waals surface area contributed by atoms with Gasteiger partial charge in [-0.3, -0.25) is 14.7 Å². The Hall–Kier alpha value is -3.12. The molecule has 0 aliphatic carbocycles. The molecule has 0 bridgehead atoms. The molecule has 1 fully saturated rings. The van der Waals surface area contributed by atoms with Crippen molar-refractivity contribution in [2.45, 2.75) is 26.5 Å². The fraction of sp³-hybridized carbons (Fsp3) is 0.333. The molecule has 30 heavy (non-hydrogen) atoms. The van der Waals surface area contributed by atoms with Gasteiger partial charge in [-0.15, -0.1) is 0 Å². The van der Waals surface area contributed by atoms with Gasteiger partial charge in [-0.25, -0.2) is 0 Å². The average molecular weight is 405 g/mol. The highest BCUT2D eigenvalue weighted by Crippen LogP contribution is 2.19. The van der Waals surface area contributed by atoms with Crippen LogP contribution in [0.3, 0.4) is 0 Å². The van der Waals surface area contributed by atoms with Crippen molar-refractivity contribution < 1.29 is 13.9 Å². The second-order valence-electron chi connectivity index (χ2n) is 7.64. The van der Waals surface area contributed by atoms with E-state index in [-0.39, 0.29) is 12.5 Å². The number of pyridine rings is 1. The Balaban J connectivity index is 1.35. The normalized spacial score (nSPS) is 15.0. The summed E-state index contributed by atoms with van der Waals surface area (Å²) < 4.78 is 11.4. The minimum Gasteiger partial charge on any atom is -0.486 e. The Morgan fingerprint density at radius 1 is 1.10 bits per heavy atom. The number of hydrogen-bond acceptors (Lipinski definition) is 5. The van der Waals surface area contributed by atoms with E-state index in [9.17, 15) is 4.79 Å². The lowest BCUT2D eigenvalue weighted by Crippen LogP contribution is -2.35. The topological polar surface area (TPSA) is 58.8 Å². The van der Waals surface area contributed by atoms with Crippen LogP contribution in [0, 0.1) is 6.92 Å². The lowest BCUT2D eigenvalue weighted by molar-refractivity contribution is 0.0756. The summed E-state index contributed by atoms with van der Waals surface area (Å²) in [7, 11) is 0. The summed E-state index contributed by atoms with van der Waals surface area (Å²) in [6, 6.07) is 13.6. The van der Waals surface area contributed by atoms with E-state index in [0.29, 0.717) is 17.9 Å². The Kier molecular flexibility index (Phi) is 6.44. The largest absolute Gasteiger partial charge is 0.486 e. The first-order chi connectivity index (χ1) is 14.7. The number of hydrogen-bond donors (Lipinski definition) is 0. The smallest absolute Gasteiger partial charge is 0.257 e. The first kappa shape index (κ1) is 20.2. The molecule has 6 heteroatoms. The van der Waals surface area contributed by atoms with E-state index in [4.69, 9.17) is 9.15 Å². The molecule has 3 aromatic rings. The number of ether oxygens (including phenoxy) is 1. The maximum atomic E-state index is 13.1. The second kappa shape index (κ2) is 9.59. The SMILES string of the molecule is Cc1ccc(OCc2occc2C(=O)N2CCCN(Cc3cccnc3)CC2)cc1. The van der Waals surface area contributed by atoms with Crippen LogP contribution in [0.2, 0.25) is 0 Å². The van der Waals surface area contributed by atoms with Crippen molar-refractivity contribution in [3.8, 4) is 5.75 Å². The minimum atomic E-state index is 0.00878. The third-order valence-electron chi connectivity index (χ3n) is 5.37. The summed E-state index contributed by atoms with van der Waals surface area (Å²) in [6.45, 7) is 6.37. The molecule has 1 aromatic carbocycles. The van der Waals surface area contributed by atoms with E-state index in [1.807, 2.05) is 48.4 Å². The number of rotatable bonds is 6. The number of nitrogens with zero attached hydrogens (tertiary/aromatic N) is 3. The molecular weight excluding hydrogens is 378 g/mol. The molecule has 6 nitrogen and oxygen atoms in total. The van der Waals surface area contributed by atoms with Gasteiger partial charge in [0.25, 0.3) is 5.91 Å². The fourth-order valence-corrected chi connectivity index (χ4v) is 3.68. The number of furan rings is 1. The van der Waals surface area contributed by atoms with Crippen molar-refractivity contribution in [3.63, 3.8) is 0 Å². The first-order valence-corrected chi connectivity index (χ1v) is 10.4. The van der Waals surface area contributed by atoms with E-state index in [1.54, 1.807) is 18.5 Å². The number of carbonyl (C=O) groups is 1. The van der Waals surface area contributed by atoms with Crippen LogP contribution in [0.4, 0.5) is 0 Å². The van der Waals surface area contributed by atoms with Crippen molar-refractivity contribution >= 4 is 5.91 Å². The maximum absolute atomic E-state index is 13.1. The Bertz CT molecular complexity index is 953.